The van der Waals surface area contributed by atoms with Gasteiger partial charge in [0.05, 0.1) is 7.11 Å². The summed E-state index contributed by atoms with van der Waals surface area (Å²) >= 11 is 0. The van der Waals surface area contributed by atoms with Crippen molar-refractivity contribution in [3.8, 4) is 5.75 Å². The number of hydrogen-bond acceptors (Lipinski definition) is 2. The first-order valence-electron chi connectivity index (χ1n) is 5.00. The van der Waals surface area contributed by atoms with Gasteiger partial charge in [-0.1, -0.05) is 19.1 Å². The Labute approximate surface area is 85.5 Å². The first-order valence-corrected chi connectivity index (χ1v) is 5.00. The average molecular weight is 194 g/mol. The molecular weight excluding hydrogens is 176 g/mol. The number of aliphatic hydroxyl groups is 1. The second kappa shape index (κ2) is 5.66. The number of ether oxygens (including phenoxy) is 1. The van der Waals surface area contributed by atoms with Gasteiger partial charge in [0.1, 0.15) is 5.75 Å². The van der Waals surface area contributed by atoms with Gasteiger partial charge in [0.2, 0.25) is 0 Å². The van der Waals surface area contributed by atoms with Crippen LogP contribution in [-0.4, -0.2) is 18.8 Å². The minimum Gasteiger partial charge on any atom is -0.497 e. The quantitative estimate of drug-likeness (QED) is 0.779. The Kier molecular flexibility index (Phi) is 4.47. The Bertz CT molecular complexity index is 271. The van der Waals surface area contributed by atoms with Gasteiger partial charge in [0.15, 0.2) is 0 Å². The monoisotopic (exact) mass is 194 g/mol. The van der Waals surface area contributed by atoms with Gasteiger partial charge in [0.25, 0.3) is 0 Å². The van der Waals surface area contributed by atoms with Crippen molar-refractivity contribution < 1.29 is 9.84 Å². The number of aliphatic hydroxyl groups excluding tert-OH is 1. The smallest absolute Gasteiger partial charge is 0.119 e. The van der Waals surface area contributed by atoms with Gasteiger partial charge in [0, 0.05) is 6.61 Å². The van der Waals surface area contributed by atoms with E-state index in [0.29, 0.717) is 5.92 Å². The molecule has 1 rings (SSSR count). The van der Waals surface area contributed by atoms with E-state index in [-0.39, 0.29) is 6.61 Å². The lowest BCUT2D eigenvalue weighted by atomic mass is 10.0. The fraction of sp³-hybridized carbons (Fsp3) is 0.500. The molecule has 0 aliphatic carbocycles. The van der Waals surface area contributed by atoms with Crippen molar-refractivity contribution in [3.05, 3.63) is 29.8 Å². The van der Waals surface area contributed by atoms with Crippen LogP contribution >= 0.6 is 0 Å². The van der Waals surface area contributed by atoms with E-state index in [1.807, 2.05) is 18.2 Å². The molecule has 14 heavy (non-hydrogen) atoms. The summed E-state index contributed by atoms with van der Waals surface area (Å²) in [5.74, 6) is 1.28. The van der Waals surface area contributed by atoms with Crippen LogP contribution in [0.3, 0.4) is 0 Å². The molecule has 0 saturated heterocycles. The van der Waals surface area contributed by atoms with Gasteiger partial charge in [-0.05, 0) is 36.5 Å². The number of aryl methyl sites for hydroxylation is 1. The molecule has 0 aromatic heterocycles. The van der Waals surface area contributed by atoms with Crippen molar-refractivity contribution in [2.75, 3.05) is 13.7 Å². The molecule has 0 radical (unpaired) electrons. The van der Waals surface area contributed by atoms with Crippen LogP contribution in [0.4, 0.5) is 0 Å². The summed E-state index contributed by atoms with van der Waals surface area (Å²) in [5, 5.41) is 8.89. The summed E-state index contributed by atoms with van der Waals surface area (Å²) in [6.45, 7) is 2.32. The Morgan fingerprint density at radius 3 is 2.86 bits per heavy atom. The van der Waals surface area contributed by atoms with Crippen LogP contribution in [0.1, 0.15) is 18.9 Å². The first-order chi connectivity index (χ1) is 6.76. The second-order valence-corrected chi connectivity index (χ2v) is 3.68. The fourth-order valence-electron chi connectivity index (χ4n) is 1.33. The van der Waals surface area contributed by atoms with Crippen LogP contribution in [0.2, 0.25) is 0 Å². The molecule has 0 aliphatic heterocycles. The third-order valence-corrected chi connectivity index (χ3v) is 2.37. The minimum absolute atomic E-state index is 0.268. The van der Waals surface area contributed by atoms with Crippen molar-refractivity contribution >= 4 is 0 Å². The Morgan fingerprint density at radius 2 is 2.21 bits per heavy atom. The zero-order valence-electron chi connectivity index (χ0n) is 8.86. The molecule has 0 fully saturated rings. The van der Waals surface area contributed by atoms with E-state index in [9.17, 15) is 0 Å². The SMILES string of the molecule is COc1cccc(CCC(C)CO)c1. The van der Waals surface area contributed by atoms with E-state index in [0.717, 1.165) is 18.6 Å². The molecule has 1 aromatic rings. The summed E-state index contributed by atoms with van der Waals surface area (Å²) in [6, 6.07) is 8.08. The van der Waals surface area contributed by atoms with Crippen LogP contribution in [0.25, 0.3) is 0 Å². The molecule has 2 nitrogen and oxygen atoms in total. The lowest BCUT2D eigenvalue weighted by Crippen LogP contribution is -2.02. The standard InChI is InChI=1S/C12H18O2/c1-10(9-13)6-7-11-4-3-5-12(8-11)14-2/h3-5,8,10,13H,6-7,9H2,1-2H3. The Morgan fingerprint density at radius 1 is 1.43 bits per heavy atom. The van der Waals surface area contributed by atoms with Crippen molar-refractivity contribution in [2.24, 2.45) is 5.92 Å². The molecule has 0 heterocycles. The van der Waals surface area contributed by atoms with E-state index in [4.69, 9.17) is 9.84 Å². The van der Waals surface area contributed by atoms with E-state index in [2.05, 4.69) is 13.0 Å². The molecule has 1 unspecified atom stereocenters. The highest BCUT2D eigenvalue weighted by Crippen LogP contribution is 2.15. The van der Waals surface area contributed by atoms with Gasteiger partial charge in [-0.25, -0.2) is 0 Å². The lowest BCUT2D eigenvalue weighted by molar-refractivity contribution is 0.230. The van der Waals surface area contributed by atoms with Gasteiger partial charge >= 0.3 is 0 Å². The predicted molar refractivity (Wildman–Crippen MR) is 57.6 cm³/mol. The van der Waals surface area contributed by atoms with Crippen molar-refractivity contribution in [2.45, 2.75) is 19.8 Å². The fourth-order valence-corrected chi connectivity index (χ4v) is 1.33. The summed E-state index contributed by atoms with van der Waals surface area (Å²) in [5.41, 5.74) is 1.27. The number of hydrogen-bond donors (Lipinski definition) is 1. The van der Waals surface area contributed by atoms with Crippen LogP contribution in [-0.2, 0) is 6.42 Å². The van der Waals surface area contributed by atoms with Crippen molar-refractivity contribution in [1.29, 1.82) is 0 Å². The maximum Gasteiger partial charge on any atom is 0.119 e. The summed E-state index contributed by atoms with van der Waals surface area (Å²) in [6.07, 6.45) is 2.02. The summed E-state index contributed by atoms with van der Waals surface area (Å²) in [4.78, 5) is 0. The normalized spacial score (nSPS) is 12.5. The molecule has 0 amide bonds. The molecule has 0 saturated carbocycles. The topological polar surface area (TPSA) is 29.5 Å². The number of benzene rings is 1. The molecule has 1 N–H and O–H groups in total. The summed E-state index contributed by atoms with van der Waals surface area (Å²) in [7, 11) is 1.68. The van der Waals surface area contributed by atoms with E-state index >= 15 is 0 Å². The lowest BCUT2D eigenvalue weighted by Gasteiger charge is -2.08. The largest absolute Gasteiger partial charge is 0.497 e. The molecule has 1 atom stereocenters. The van der Waals surface area contributed by atoms with E-state index in [1.165, 1.54) is 5.56 Å². The second-order valence-electron chi connectivity index (χ2n) is 3.68. The highest BCUT2D eigenvalue weighted by atomic mass is 16.5. The average Bonchev–Trinajstić information content (AvgIpc) is 2.26. The summed E-state index contributed by atoms with van der Waals surface area (Å²) < 4.78 is 5.14. The molecule has 0 aliphatic rings. The maximum absolute atomic E-state index is 8.89. The molecule has 78 valence electrons. The maximum atomic E-state index is 8.89. The Hall–Kier alpha value is -1.02. The van der Waals surface area contributed by atoms with Gasteiger partial charge in [-0.15, -0.1) is 0 Å². The Balaban J connectivity index is 2.50. The molecular formula is C12H18O2. The third-order valence-electron chi connectivity index (χ3n) is 2.37. The van der Waals surface area contributed by atoms with Crippen LogP contribution < -0.4 is 4.74 Å². The van der Waals surface area contributed by atoms with Gasteiger partial charge < -0.3 is 9.84 Å². The van der Waals surface area contributed by atoms with Crippen molar-refractivity contribution in [3.63, 3.8) is 0 Å². The molecule has 2 heteroatoms. The molecule has 1 aromatic carbocycles. The minimum atomic E-state index is 0.268. The number of rotatable bonds is 5. The van der Waals surface area contributed by atoms with Gasteiger partial charge in [-0.2, -0.15) is 0 Å². The molecule has 0 spiro atoms. The number of methoxy groups -OCH3 is 1. The molecule has 0 bridgehead atoms. The zero-order valence-corrected chi connectivity index (χ0v) is 8.86. The van der Waals surface area contributed by atoms with E-state index < -0.39 is 0 Å². The predicted octanol–water partition coefficient (Wildman–Crippen LogP) is 2.26. The van der Waals surface area contributed by atoms with E-state index in [1.54, 1.807) is 7.11 Å². The highest BCUT2D eigenvalue weighted by Gasteiger charge is 2.01. The van der Waals surface area contributed by atoms with Crippen molar-refractivity contribution in [1.82, 2.24) is 0 Å². The highest BCUT2D eigenvalue weighted by molar-refractivity contribution is 5.28. The van der Waals surface area contributed by atoms with Crippen LogP contribution in [0, 0.1) is 5.92 Å². The zero-order chi connectivity index (χ0) is 10.4. The van der Waals surface area contributed by atoms with Crippen LogP contribution in [0.15, 0.2) is 24.3 Å². The van der Waals surface area contributed by atoms with Gasteiger partial charge in [-0.3, -0.25) is 0 Å². The van der Waals surface area contributed by atoms with Crippen LogP contribution in [0.5, 0.6) is 5.75 Å². The first kappa shape index (κ1) is 11.1. The third kappa shape index (κ3) is 3.38.